The van der Waals surface area contributed by atoms with Gasteiger partial charge in [-0.05, 0) is 101 Å². The predicted molar refractivity (Wildman–Crippen MR) is 151 cm³/mol. The Morgan fingerprint density at radius 3 is 2.55 bits per heavy atom. The van der Waals surface area contributed by atoms with Crippen molar-refractivity contribution >= 4 is 23.2 Å². The Balaban J connectivity index is 1.57. The molecule has 5 rings (SSSR count). The number of rotatable bonds is 8. The predicted octanol–water partition coefficient (Wildman–Crippen LogP) is 7.06. The number of benzene rings is 3. The molecular formula is C33H34FNO3. The second kappa shape index (κ2) is 11.4. The summed E-state index contributed by atoms with van der Waals surface area (Å²) in [4.78, 5) is 14.0. The molecule has 0 saturated carbocycles. The molecule has 5 heteroatoms. The molecule has 1 saturated heterocycles. The maximum Gasteiger partial charge on any atom is 0.335 e. The maximum absolute atomic E-state index is 12.4. The molecule has 0 bridgehead atoms. The fourth-order valence-corrected chi connectivity index (χ4v) is 5.72. The van der Waals surface area contributed by atoms with Crippen LogP contribution in [0.15, 0.2) is 66.2 Å². The summed E-state index contributed by atoms with van der Waals surface area (Å²) in [6.07, 6.45) is 5.49. The van der Waals surface area contributed by atoms with Crippen LogP contribution in [-0.2, 0) is 6.42 Å². The van der Waals surface area contributed by atoms with Gasteiger partial charge in [0.1, 0.15) is 5.75 Å². The summed E-state index contributed by atoms with van der Waals surface area (Å²) in [5.41, 5.74) is 10.8. The zero-order valence-electron chi connectivity index (χ0n) is 22.1. The number of fused-ring (bicyclic) bond motifs is 1. The van der Waals surface area contributed by atoms with Gasteiger partial charge in [0.25, 0.3) is 0 Å². The minimum atomic E-state index is -0.900. The SMILES string of the molecule is COc1cccc(C2=C(c3ccc(C=C4CN(CCCF)C4)cc3)c3ccc(C(=O)O)cc3CCC2)c1C. The molecule has 2 aliphatic rings. The Morgan fingerprint density at radius 1 is 1.05 bits per heavy atom. The Kier molecular flexibility index (Phi) is 7.75. The molecule has 0 spiro atoms. The fraction of sp³-hybridized carbons (Fsp3) is 0.303. The van der Waals surface area contributed by atoms with Crippen molar-refractivity contribution in [3.8, 4) is 5.75 Å². The average Bonchev–Trinajstić information content (AvgIpc) is 3.09. The van der Waals surface area contributed by atoms with E-state index in [0.717, 1.165) is 78.0 Å². The number of methoxy groups -OCH3 is 1. The van der Waals surface area contributed by atoms with Gasteiger partial charge in [0.15, 0.2) is 0 Å². The lowest BCUT2D eigenvalue weighted by molar-refractivity contribution is 0.0696. The van der Waals surface area contributed by atoms with E-state index < -0.39 is 5.97 Å². The van der Waals surface area contributed by atoms with Gasteiger partial charge in [0.2, 0.25) is 0 Å². The van der Waals surface area contributed by atoms with Gasteiger partial charge in [0.05, 0.1) is 19.3 Å². The molecule has 3 aromatic carbocycles. The molecule has 196 valence electrons. The van der Waals surface area contributed by atoms with Crippen molar-refractivity contribution in [1.82, 2.24) is 4.90 Å². The van der Waals surface area contributed by atoms with Crippen molar-refractivity contribution in [2.75, 3.05) is 33.4 Å². The third kappa shape index (κ3) is 5.30. The van der Waals surface area contributed by atoms with Gasteiger partial charge in [-0.2, -0.15) is 0 Å². The smallest absolute Gasteiger partial charge is 0.335 e. The van der Waals surface area contributed by atoms with E-state index in [4.69, 9.17) is 4.74 Å². The quantitative estimate of drug-likeness (QED) is 0.352. The molecule has 4 nitrogen and oxygen atoms in total. The summed E-state index contributed by atoms with van der Waals surface area (Å²) in [5, 5.41) is 9.60. The molecule has 0 radical (unpaired) electrons. The number of alkyl halides is 1. The van der Waals surface area contributed by atoms with Gasteiger partial charge in [-0.25, -0.2) is 4.79 Å². The second-order valence-electron chi connectivity index (χ2n) is 10.2. The van der Waals surface area contributed by atoms with Gasteiger partial charge in [-0.1, -0.05) is 48.5 Å². The third-order valence-electron chi connectivity index (χ3n) is 7.66. The molecule has 1 fully saturated rings. The Hall–Kier alpha value is -3.70. The number of carbonyl (C=O) groups is 1. The maximum atomic E-state index is 12.4. The number of carboxylic acids is 1. The Morgan fingerprint density at radius 2 is 1.84 bits per heavy atom. The molecule has 1 aliphatic carbocycles. The summed E-state index contributed by atoms with van der Waals surface area (Å²) >= 11 is 0. The van der Waals surface area contributed by atoms with Crippen LogP contribution in [-0.4, -0.2) is 49.4 Å². The van der Waals surface area contributed by atoms with Crippen LogP contribution < -0.4 is 4.74 Å². The van der Waals surface area contributed by atoms with Gasteiger partial charge < -0.3 is 9.84 Å². The monoisotopic (exact) mass is 511 g/mol. The number of likely N-dealkylation sites (tertiary alicyclic amines) is 1. The van der Waals surface area contributed by atoms with E-state index in [2.05, 4.69) is 48.2 Å². The normalized spacial score (nSPS) is 15.5. The van der Waals surface area contributed by atoms with Gasteiger partial charge in [0, 0.05) is 19.6 Å². The van der Waals surface area contributed by atoms with E-state index in [1.54, 1.807) is 13.2 Å². The lowest BCUT2D eigenvalue weighted by atomic mass is 9.85. The summed E-state index contributed by atoms with van der Waals surface area (Å²) < 4.78 is 18.1. The van der Waals surface area contributed by atoms with E-state index in [-0.39, 0.29) is 6.67 Å². The molecule has 1 aliphatic heterocycles. The number of hydrogen-bond donors (Lipinski definition) is 1. The number of hydrogen-bond acceptors (Lipinski definition) is 3. The molecule has 0 unspecified atom stereocenters. The summed E-state index contributed by atoms with van der Waals surface area (Å²) in [6.45, 7) is 4.47. The number of nitrogens with zero attached hydrogens (tertiary/aromatic N) is 1. The van der Waals surface area contributed by atoms with E-state index in [9.17, 15) is 14.3 Å². The highest BCUT2D eigenvalue weighted by molar-refractivity contribution is 6.01. The number of ether oxygens (including phenoxy) is 1. The highest BCUT2D eigenvalue weighted by Gasteiger charge is 2.23. The van der Waals surface area contributed by atoms with Crippen LogP contribution in [0.3, 0.4) is 0 Å². The van der Waals surface area contributed by atoms with Gasteiger partial charge in [-0.15, -0.1) is 0 Å². The molecule has 38 heavy (non-hydrogen) atoms. The zero-order chi connectivity index (χ0) is 26.6. The van der Waals surface area contributed by atoms with Crippen molar-refractivity contribution in [1.29, 1.82) is 0 Å². The second-order valence-corrected chi connectivity index (χ2v) is 10.2. The molecule has 0 atom stereocenters. The largest absolute Gasteiger partial charge is 0.496 e. The van der Waals surface area contributed by atoms with E-state index in [0.29, 0.717) is 12.0 Å². The number of aryl methyl sites for hydroxylation is 1. The first-order chi connectivity index (χ1) is 18.5. The fourth-order valence-electron chi connectivity index (χ4n) is 5.72. The van der Waals surface area contributed by atoms with Crippen LogP contribution in [0, 0.1) is 6.92 Å². The van der Waals surface area contributed by atoms with Crippen molar-refractivity contribution < 1.29 is 19.0 Å². The van der Waals surface area contributed by atoms with Crippen LogP contribution in [0.2, 0.25) is 0 Å². The highest BCUT2D eigenvalue weighted by atomic mass is 19.1. The Bertz CT molecular complexity index is 1400. The van der Waals surface area contributed by atoms with Crippen molar-refractivity contribution in [3.63, 3.8) is 0 Å². The lowest BCUT2D eigenvalue weighted by Crippen LogP contribution is -2.40. The lowest BCUT2D eigenvalue weighted by Gasteiger charge is -2.33. The molecule has 0 amide bonds. The minimum absolute atomic E-state index is 0.259. The number of carboxylic acid groups (broad SMARTS) is 1. The standard InChI is InChI=1S/C33H34FNO3/c1-22-28(7-4-9-31(22)38-2)30-8-3-6-26-19-27(33(36)37)14-15-29(26)32(30)25-12-10-23(11-13-25)18-24-20-35(21-24)17-5-16-34/h4,7,9-15,18-19H,3,5-6,8,16-17,20-21H2,1-2H3,(H,36,37). The number of allylic oxidation sites excluding steroid dienone is 1. The van der Waals surface area contributed by atoms with Crippen LogP contribution in [0.25, 0.3) is 17.2 Å². The van der Waals surface area contributed by atoms with Crippen LogP contribution in [0.5, 0.6) is 5.75 Å². The topological polar surface area (TPSA) is 49.8 Å². The first-order valence-electron chi connectivity index (χ1n) is 13.3. The van der Waals surface area contributed by atoms with Crippen LogP contribution >= 0.6 is 0 Å². The average molecular weight is 512 g/mol. The molecule has 0 aromatic heterocycles. The number of halogens is 1. The summed E-state index contributed by atoms with van der Waals surface area (Å²) in [6, 6.07) is 20.4. The van der Waals surface area contributed by atoms with E-state index in [1.165, 1.54) is 16.7 Å². The van der Waals surface area contributed by atoms with Gasteiger partial charge >= 0.3 is 5.97 Å². The Labute approximate surface area is 224 Å². The minimum Gasteiger partial charge on any atom is -0.496 e. The summed E-state index contributed by atoms with van der Waals surface area (Å²) in [7, 11) is 1.70. The zero-order valence-corrected chi connectivity index (χ0v) is 22.1. The van der Waals surface area contributed by atoms with Crippen molar-refractivity contribution in [3.05, 3.63) is 105 Å². The molecule has 1 heterocycles. The first-order valence-corrected chi connectivity index (χ1v) is 13.3. The van der Waals surface area contributed by atoms with E-state index >= 15 is 0 Å². The van der Waals surface area contributed by atoms with Crippen LogP contribution in [0.4, 0.5) is 4.39 Å². The van der Waals surface area contributed by atoms with Gasteiger partial charge in [-0.3, -0.25) is 9.29 Å². The molecule has 3 aromatic rings. The molecular weight excluding hydrogens is 477 g/mol. The van der Waals surface area contributed by atoms with Crippen molar-refractivity contribution in [2.45, 2.75) is 32.6 Å². The first kappa shape index (κ1) is 25.9. The summed E-state index contributed by atoms with van der Waals surface area (Å²) in [5.74, 6) is -0.0360. The van der Waals surface area contributed by atoms with E-state index in [1.807, 2.05) is 24.3 Å². The third-order valence-corrected chi connectivity index (χ3v) is 7.66. The van der Waals surface area contributed by atoms with Crippen molar-refractivity contribution in [2.24, 2.45) is 0 Å². The number of aromatic carboxylic acids is 1. The highest BCUT2D eigenvalue weighted by Crippen LogP contribution is 2.42. The molecule has 1 N–H and O–H groups in total. The van der Waals surface area contributed by atoms with Crippen LogP contribution in [0.1, 0.15) is 63.0 Å².